The Morgan fingerprint density at radius 2 is 1.80 bits per heavy atom. The molecule has 4 heteroatoms. The SMILES string of the molecule is CCOc1cc(CNc2ccc(Cl)cc2)ccc1OC. The zero-order valence-electron chi connectivity index (χ0n) is 11.7. The van der Waals surface area contributed by atoms with Gasteiger partial charge in [0.1, 0.15) is 0 Å². The molecule has 0 heterocycles. The Hall–Kier alpha value is -1.87. The number of nitrogens with one attached hydrogen (secondary N) is 1. The molecule has 2 aromatic carbocycles. The summed E-state index contributed by atoms with van der Waals surface area (Å²) < 4.78 is 10.8. The first-order valence-electron chi connectivity index (χ1n) is 6.52. The summed E-state index contributed by atoms with van der Waals surface area (Å²) in [6.07, 6.45) is 0. The fourth-order valence-corrected chi connectivity index (χ4v) is 2.00. The number of benzene rings is 2. The van der Waals surface area contributed by atoms with Gasteiger partial charge in [-0.05, 0) is 48.9 Å². The molecule has 20 heavy (non-hydrogen) atoms. The number of anilines is 1. The predicted octanol–water partition coefficient (Wildman–Crippen LogP) is 4.36. The summed E-state index contributed by atoms with van der Waals surface area (Å²) in [6.45, 7) is 3.29. The van der Waals surface area contributed by atoms with Crippen LogP contribution in [0.2, 0.25) is 5.02 Å². The minimum Gasteiger partial charge on any atom is -0.493 e. The van der Waals surface area contributed by atoms with Gasteiger partial charge in [-0.25, -0.2) is 0 Å². The standard InChI is InChI=1S/C16H18ClNO2/c1-3-20-16-10-12(4-9-15(16)19-2)11-18-14-7-5-13(17)6-8-14/h4-10,18H,3,11H2,1-2H3. The summed E-state index contributed by atoms with van der Waals surface area (Å²) in [4.78, 5) is 0. The van der Waals surface area contributed by atoms with Crippen LogP contribution in [-0.2, 0) is 6.54 Å². The van der Waals surface area contributed by atoms with E-state index in [0.717, 1.165) is 27.8 Å². The van der Waals surface area contributed by atoms with Gasteiger partial charge in [0.25, 0.3) is 0 Å². The lowest BCUT2D eigenvalue weighted by Crippen LogP contribution is -2.01. The highest BCUT2D eigenvalue weighted by molar-refractivity contribution is 6.30. The Morgan fingerprint density at radius 3 is 2.45 bits per heavy atom. The minimum atomic E-state index is 0.616. The molecule has 0 spiro atoms. The lowest BCUT2D eigenvalue weighted by Gasteiger charge is -2.12. The van der Waals surface area contributed by atoms with Crippen molar-refractivity contribution in [1.82, 2.24) is 0 Å². The van der Waals surface area contributed by atoms with E-state index < -0.39 is 0 Å². The van der Waals surface area contributed by atoms with Gasteiger partial charge in [0.15, 0.2) is 11.5 Å². The number of ether oxygens (including phenoxy) is 2. The monoisotopic (exact) mass is 291 g/mol. The molecule has 0 radical (unpaired) electrons. The van der Waals surface area contributed by atoms with Crippen molar-refractivity contribution in [1.29, 1.82) is 0 Å². The maximum absolute atomic E-state index is 5.86. The molecule has 0 saturated carbocycles. The van der Waals surface area contributed by atoms with Crippen molar-refractivity contribution in [2.24, 2.45) is 0 Å². The van der Waals surface area contributed by atoms with Gasteiger partial charge in [0, 0.05) is 17.3 Å². The summed E-state index contributed by atoms with van der Waals surface area (Å²) >= 11 is 5.86. The third kappa shape index (κ3) is 3.81. The zero-order chi connectivity index (χ0) is 14.4. The van der Waals surface area contributed by atoms with Gasteiger partial charge in [0.05, 0.1) is 13.7 Å². The van der Waals surface area contributed by atoms with Crippen molar-refractivity contribution in [2.75, 3.05) is 19.0 Å². The largest absolute Gasteiger partial charge is 0.493 e. The van der Waals surface area contributed by atoms with Crippen LogP contribution in [0.3, 0.4) is 0 Å². The Morgan fingerprint density at radius 1 is 1.05 bits per heavy atom. The van der Waals surface area contributed by atoms with E-state index in [1.54, 1.807) is 7.11 Å². The van der Waals surface area contributed by atoms with E-state index >= 15 is 0 Å². The van der Waals surface area contributed by atoms with E-state index in [-0.39, 0.29) is 0 Å². The lowest BCUT2D eigenvalue weighted by molar-refractivity contribution is 0.310. The summed E-state index contributed by atoms with van der Waals surface area (Å²) in [5, 5.41) is 4.07. The number of halogens is 1. The van der Waals surface area contributed by atoms with E-state index in [1.807, 2.05) is 49.4 Å². The Labute approximate surface area is 124 Å². The van der Waals surface area contributed by atoms with Gasteiger partial charge < -0.3 is 14.8 Å². The van der Waals surface area contributed by atoms with Crippen molar-refractivity contribution in [3.8, 4) is 11.5 Å². The average molecular weight is 292 g/mol. The molecule has 106 valence electrons. The third-order valence-electron chi connectivity index (χ3n) is 2.87. The molecule has 0 unspecified atom stereocenters. The highest BCUT2D eigenvalue weighted by atomic mass is 35.5. The highest BCUT2D eigenvalue weighted by Gasteiger charge is 2.05. The molecule has 0 amide bonds. The fraction of sp³-hybridized carbons (Fsp3) is 0.250. The lowest BCUT2D eigenvalue weighted by atomic mass is 10.2. The maximum atomic E-state index is 5.86. The summed E-state index contributed by atoms with van der Waals surface area (Å²) in [5.41, 5.74) is 2.16. The van der Waals surface area contributed by atoms with Crippen molar-refractivity contribution in [3.05, 3.63) is 53.1 Å². The van der Waals surface area contributed by atoms with Crippen LogP contribution in [0.4, 0.5) is 5.69 Å². The first-order valence-corrected chi connectivity index (χ1v) is 6.90. The van der Waals surface area contributed by atoms with Gasteiger partial charge in [0.2, 0.25) is 0 Å². The first kappa shape index (κ1) is 14.5. The molecular formula is C16H18ClNO2. The van der Waals surface area contributed by atoms with Gasteiger partial charge in [-0.3, -0.25) is 0 Å². The van der Waals surface area contributed by atoms with Crippen LogP contribution in [0.25, 0.3) is 0 Å². The van der Waals surface area contributed by atoms with Crippen molar-refractivity contribution in [3.63, 3.8) is 0 Å². The van der Waals surface area contributed by atoms with Crippen LogP contribution < -0.4 is 14.8 Å². The smallest absolute Gasteiger partial charge is 0.161 e. The summed E-state index contributed by atoms with van der Waals surface area (Å²) in [6, 6.07) is 13.6. The van der Waals surface area contributed by atoms with E-state index in [9.17, 15) is 0 Å². The van der Waals surface area contributed by atoms with Crippen LogP contribution in [0.15, 0.2) is 42.5 Å². The zero-order valence-corrected chi connectivity index (χ0v) is 12.4. The number of hydrogen-bond acceptors (Lipinski definition) is 3. The highest BCUT2D eigenvalue weighted by Crippen LogP contribution is 2.28. The number of rotatable bonds is 6. The fourth-order valence-electron chi connectivity index (χ4n) is 1.87. The Balaban J connectivity index is 2.05. The van der Waals surface area contributed by atoms with Crippen molar-refractivity contribution >= 4 is 17.3 Å². The molecule has 0 aliphatic rings. The van der Waals surface area contributed by atoms with Gasteiger partial charge in [-0.15, -0.1) is 0 Å². The normalized spacial score (nSPS) is 10.2. The predicted molar refractivity (Wildman–Crippen MR) is 82.9 cm³/mol. The summed E-state index contributed by atoms with van der Waals surface area (Å²) in [5.74, 6) is 1.52. The molecule has 2 rings (SSSR count). The Kier molecular flexibility index (Phi) is 5.13. The second-order valence-corrected chi connectivity index (χ2v) is 4.72. The molecule has 0 bridgehead atoms. The number of methoxy groups -OCH3 is 1. The molecule has 0 aliphatic heterocycles. The minimum absolute atomic E-state index is 0.616. The molecule has 0 fully saturated rings. The molecule has 3 nitrogen and oxygen atoms in total. The molecule has 0 aliphatic carbocycles. The van der Waals surface area contributed by atoms with Crippen LogP contribution in [0.1, 0.15) is 12.5 Å². The van der Waals surface area contributed by atoms with Crippen LogP contribution in [-0.4, -0.2) is 13.7 Å². The molecule has 2 aromatic rings. The second-order valence-electron chi connectivity index (χ2n) is 4.28. The van der Waals surface area contributed by atoms with E-state index in [0.29, 0.717) is 13.2 Å². The molecule has 1 N–H and O–H groups in total. The first-order chi connectivity index (χ1) is 9.72. The van der Waals surface area contributed by atoms with E-state index in [1.165, 1.54) is 0 Å². The quantitative estimate of drug-likeness (QED) is 0.858. The summed E-state index contributed by atoms with van der Waals surface area (Å²) in [7, 11) is 1.64. The van der Waals surface area contributed by atoms with Crippen LogP contribution in [0, 0.1) is 0 Å². The molecule has 0 aromatic heterocycles. The molecular weight excluding hydrogens is 274 g/mol. The van der Waals surface area contributed by atoms with Crippen molar-refractivity contribution in [2.45, 2.75) is 13.5 Å². The van der Waals surface area contributed by atoms with Gasteiger partial charge in [-0.2, -0.15) is 0 Å². The van der Waals surface area contributed by atoms with Gasteiger partial charge in [-0.1, -0.05) is 17.7 Å². The third-order valence-corrected chi connectivity index (χ3v) is 3.12. The van der Waals surface area contributed by atoms with E-state index in [2.05, 4.69) is 5.32 Å². The average Bonchev–Trinajstić information content (AvgIpc) is 2.47. The molecule has 0 saturated heterocycles. The van der Waals surface area contributed by atoms with Crippen LogP contribution >= 0.6 is 11.6 Å². The maximum Gasteiger partial charge on any atom is 0.161 e. The molecule has 0 atom stereocenters. The number of hydrogen-bond donors (Lipinski definition) is 1. The van der Waals surface area contributed by atoms with E-state index in [4.69, 9.17) is 21.1 Å². The van der Waals surface area contributed by atoms with Crippen molar-refractivity contribution < 1.29 is 9.47 Å². The second kappa shape index (κ2) is 7.06. The van der Waals surface area contributed by atoms with Gasteiger partial charge >= 0.3 is 0 Å². The van der Waals surface area contributed by atoms with Crippen LogP contribution in [0.5, 0.6) is 11.5 Å². The Bertz CT molecular complexity index is 555. The topological polar surface area (TPSA) is 30.5 Å².